The zero-order chi connectivity index (χ0) is 18.4. The number of para-hydroxylation sites is 1. The molecule has 0 radical (unpaired) electrons. The van der Waals surface area contributed by atoms with Crippen LogP contribution in [0.5, 0.6) is 11.5 Å². The number of aromatic hydroxyl groups is 1. The van der Waals surface area contributed by atoms with E-state index in [9.17, 15) is 15.2 Å². The molecule has 3 unspecified atom stereocenters. The summed E-state index contributed by atoms with van der Waals surface area (Å²) in [6.45, 7) is 1.88. The van der Waals surface area contributed by atoms with Gasteiger partial charge in [-0.15, -0.1) is 0 Å². The number of methoxy groups -OCH3 is 1. The lowest BCUT2D eigenvalue weighted by Crippen LogP contribution is -2.29. The van der Waals surface area contributed by atoms with Gasteiger partial charge >= 0.3 is 0 Å². The number of hydrogen-bond donors (Lipinski definition) is 2. The van der Waals surface area contributed by atoms with Gasteiger partial charge in [0.1, 0.15) is 0 Å². The molecule has 2 aliphatic rings. The van der Waals surface area contributed by atoms with Gasteiger partial charge in [-0.2, -0.15) is 0 Å². The van der Waals surface area contributed by atoms with Gasteiger partial charge < -0.3 is 15.2 Å². The monoisotopic (exact) mass is 352 g/mol. The van der Waals surface area contributed by atoms with Gasteiger partial charge in [-0.3, -0.25) is 10.1 Å². The summed E-state index contributed by atoms with van der Waals surface area (Å²) in [6, 6.07) is 8.66. The highest BCUT2D eigenvalue weighted by molar-refractivity contribution is 5.68. The van der Waals surface area contributed by atoms with Crippen molar-refractivity contribution in [3.05, 3.63) is 69.3 Å². The number of aryl methyl sites for hydroxylation is 1. The number of nitro benzene ring substituents is 1. The van der Waals surface area contributed by atoms with E-state index in [1.807, 2.05) is 19.1 Å². The minimum Gasteiger partial charge on any atom is -0.504 e. The molecule has 0 fully saturated rings. The molecule has 0 amide bonds. The van der Waals surface area contributed by atoms with Gasteiger partial charge in [0.2, 0.25) is 0 Å². The van der Waals surface area contributed by atoms with E-state index < -0.39 is 0 Å². The van der Waals surface area contributed by atoms with E-state index in [1.165, 1.54) is 7.11 Å². The van der Waals surface area contributed by atoms with Crippen LogP contribution in [0.1, 0.15) is 35.1 Å². The Bertz CT molecular complexity index is 922. The number of nitrogens with zero attached hydrogens (tertiary/aromatic N) is 1. The zero-order valence-electron chi connectivity index (χ0n) is 14.6. The molecule has 1 aliphatic heterocycles. The van der Waals surface area contributed by atoms with Gasteiger partial charge in [0, 0.05) is 29.3 Å². The van der Waals surface area contributed by atoms with Gasteiger partial charge in [0.15, 0.2) is 11.5 Å². The maximum absolute atomic E-state index is 11.3. The average molecular weight is 352 g/mol. The van der Waals surface area contributed by atoms with Crippen molar-refractivity contribution in [2.24, 2.45) is 5.92 Å². The second kappa shape index (κ2) is 6.05. The van der Waals surface area contributed by atoms with Gasteiger partial charge in [0.05, 0.1) is 18.1 Å². The van der Waals surface area contributed by atoms with Crippen molar-refractivity contribution in [1.29, 1.82) is 0 Å². The number of rotatable bonds is 3. The number of benzene rings is 2. The Morgan fingerprint density at radius 2 is 2.12 bits per heavy atom. The highest BCUT2D eigenvalue weighted by Gasteiger charge is 2.40. The third-order valence-electron chi connectivity index (χ3n) is 5.45. The number of non-ortho nitro benzene ring substituents is 1. The number of hydrogen-bond acceptors (Lipinski definition) is 5. The van der Waals surface area contributed by atoms with E-state index in [1.54, 1.807) is 18.2 Å². The molecule has 0 bridgehead atoms. The number of nitrogens with one attached hydrogen (secondary N) is 1. The van der Waals surface area contributed by atoms with Gasteiger partial charge in [-0.25, -0.2) is 0 Å². The Morgan fingerprint density at radius 3 is 2.85 bits per heavy atom. The number of phenols is 1. The summed E-state index contributed by atoms with van der Waals surface area (Å²) in [5.74, 6) is 0.849. The Morgan fingerprint density at radius 1 is 1.31 bits per heavy atom. The van der Waals surface area contributed by atoms with Crippen molar-refractivity contribution in [3.8, 4) is 11.5 Å². The normalized spacial score (nSPS) is 23.1. The van der Waals surface area contributed by atoms with Crippen molar-refractivity contribution in [3.63, 3.8) is 0 Å². The van der Waals surface area contributed by atoms with Crippen molar-refractivity contribution >= 4 is 11.4 Å². The van der Waals surface area contributed by atoms with E-state index in [-0.39, 0.29) is 34.2 Å². The van der Waals surface area contributed by atoms with E-state index in [4.69, 9.17) is 4.74 Å². The van der Waals surface area contributed by atoms with Crippen LogP contribution in [0.4, 0.5) is 11.4 Å². The summed E-state index contributed by atoms with van der Waals surface area (Å²) in [6.07, 6.45) is 5.09. The molecule has 2 aromatic rings. The topological polar surface area (TPSA) is 84.6 Å². The van der Waals surface area contributed by atoms with Crippen LogP contribution >= 0.6 is 0 Å². The van der Waals surface area contributed by atoms with Crippen LogP contribution in [0.2, 0.25) is 0 Å². The van der Waals surface area contributed by atoms with Crippen molar-refractivity contribution in [2.45, 2.75) is 25.3 Å². The van der Waals surface area contributed by atoms with Crippen molar-refractivity contribution in [2.75, 3.05) is 12.4 Å². The number of anilines is 1. The molecule has 6 heteroatoms. The molecule has 6 nitrogen and oxygen atoms in total. The van der Waals surface area contributed by atoms with Crippen LogP contribution in [0.25, 0.3) is 0 Å². The lowest BCUT2D eigenvalue weighted by Gasteiger charge is -2.38. The molecular weight excluding hydrogens is 332 g/mol. The van der Waals surface area contributed by atoms with Crippen LogP contribution in [0.3, 0.4) is 0 Å². The first-order valence-corrected chi connectivity index (χ1v) is 8.59. The number of nitro groups is 1. The SMILES string of the molecule is COc1cccc(C2Nc3c(C)cc([N+](=O)[O-])cc3C3C=CCC32)c1O. The molecule has 2 aromatic carbocycles. The molecule has 4 rings (SSSR count). The first-order chi connectivity index (χ1) is 12.5. The number of allylic oxidation sites excluding steroid dienone is 2. The lowest BCUT2D eigenvalue weighted by atomic mass is 9.76. The predicted octanol–water partition coefficient (Wildman–Crippen LogP) is 4.44. The van der Waals surface area contributed by atoms with Crippen LogP contribution in [-0.2, 0) is 0 Å². The van der Waals surface area contributed by atoms with Gasteiger partial charge in [-0.05, 0) is 36.5 Å². The predicted molar refractivity (Wildman–Crippen MR) is 98.8 cm³/mol. The quantitative estimate of drug-likeness (QED) is 0.484. The molecular formula is C20H20N2O4. The summed E-state index contributed by atoms with van der Waals surface area (Å²) in [4.78, 5) is 10.9. The molecule has 0 aromatic heterocycles. The van der Waals surface area contributed by atoms with E-state index in [0.717, 1.165) is 28.8 Å². The van der Waals surface area contributed by atoms with E-state index >= 15 is 0 Å². The molecule has 3 atom stereocenters. The highest BCUT2D eigenvalue weighted by atomic mass is 16.6. The second-order valence-corrected chi connectivity index (χ2v) is 6.86. The molecule has 26 heavy (non-hydrogen) atoms. The van der Waals surface area contributed by atoms with Crippen LogP contribution in [0.15, 0.2) is 42.5 Å². The summed E-state index contributed by atoms with van der Waals surface area (Å²) in [7, 11) is 1.53. The molecule has 1 aliphatic carbocycles. The summed E-state index contributed by atoms with van der Waals surface area (Å²) in [5, 5.41) is 25.4. The molecule has 2 N–H and O–H groups in total. The maximum Gasteiger partial charge on any atom is 0.270 e. The summed E-state index contributed by atoms with van der Waals surface area (Å²) >= 11 is 0. The van der Waals surface area contributed by atoms with Gasteiger partial charge in [-0.1, -0.05) is 24.3 Å². The van der Waals surface area contributed by atoms with Crippen LogP contribution < -0.4 is 10.1 Å². The molecule has 0 spiro atoms. The number of ether oxygens (including phenoxy) is 1. The third kappa shape index (κ3) is 2.41. The number of phenolic OH excluding ortho intramolecular Hbond substituents is 1. The largest absolute Gasteiger partial charge is 0.504 e. The molecule has 0 saturated carbocycles. The summed E-state index contributed by atoms with van der Waals surface area (Å²) < 4.78 is 5.25. The number of fused-ring (bicyclic) bond motifs is 3. The third-order valence-corrected chi connectivity index (χ3v) is 5.45. The second-order valence-electron chi connectivity index (χ2n) is 6.86. The fourth-order valence-corrected chi connectivity index (χ4v) is 4.24. The Labute approximate surface area is 151 Å². The average Bonchev–Trinajstić information content (AvgIpc) is 3.11. The fourth-order valence-electron chi connectivity index (χ4n) is 4.24. The molecule has 0 saturated heterocycles. The molecule has 134 valence electrons. The lowest BCUT2D eigenvalue weighted by molar-refractivity contribution is -0.385. The summed E-state index contributed by atoms with van der Waals surface area (Å²) in [5.41, 5.74) is 3.60. The van der Waals surface area contributed by atoms with Crippen molar-refractivity contribution < 1.29 is 14.8 Å². The smallest absolute Gasteiger partial charge is 0.270 e. The minimum atomic E-state index is -0.346. The van der Waals surface area contributed by atoms with E-state index in [2.05, 4.69) is 17.5 Å². The first-order valence-electron chi connectivity index (χ1n) is 8.59. The minimum absolute atomic E-state index is 0.0838. The van der Waals surface area contributed by atoms with Crippen molar-refractivity contribution in [1.82, 2.24) is 0 Å². The maximum atomic E-state index is 11.3. The zero-order valence-corrected chi connectivity index (χ0v) is 14.6. The van der Waals surface area contributed by atoms with Gasteiger partial charge in [0.25, 0.3) is 5.69 Å². The Kier molecular flexibility index (Phi) is 3.83. The van der Waals surface area contributed by atoms with E-state index in [0.29, 0.717) is 5.75 Å². The highest BCUT2D eigenvalue weighted by Crippen LogP contribution is 2.53. The Balaban J connectivity index is 1.84. The van der Waals surface area contributed by atoms with Crippen LogP contribution in [0, 0.1) is 23.0 Å². The first kappa shape index (κ1) is 16.4. The standard InChI is InChI=1S/C20H20N2O4/c1-11-9-12(22(24)25)10-16-13-5-3-6-14(13)19(21-18(11)16)15-7-4-8-17(26-2)20(15)23/h3-5,7-10,13-14,19,21,23H,6H2,1-2H3. The molecule has 1 heterocycles. The van der Waals surface area contributed by atoms with Crippen LogP contribution in [-0.4, -0.2) is 17.1 Å². The fraction of sp³-hybridized carbons (Fsp3) is 0.300. The Hall–Kier alpha value is -3.02.